The minimum Gasteiger partial charge on any atom is -0.487 e. The number of nitrogens with one attached hydrogen (secondary N) is 2. The van der Waals surface area contributed by atoms with Crippen LogP contribution in [0.25, 0.3) is 0 Å². The van der Waals surface area contributed by atoms with Gasteiger partial charge in [0.2, 0.25) is 0 Å². The molecule has 2 N–H and O–H groups in total. The summed E-state index contributed by atoms with van der Waals surface area (Å²) in [5, 5.41) is 17.3. The van der Waals surface area contributed by atoms with Crippen LogP contribution in [0.3, 0.4) is 0 Å². The number of halogens is 1. The van der Waals surface area contributed by atoms with Crippen molar-refractivity contribution in [2.24, 2.45) is 5.92 Å². The van der Waals surface area contributed by atoms with Gasteiger partial charge >= 0.3 is 5.69 Å². The van der Waals surface area contributed by atoms with Gasteiger partial charge in [-0.1, -0.05) is 6.92 Å². The molecule has 7 nitrogen and oxygen atoms in total. The average Bonchev–Trinajstić information content (AvgIpc) is 2.50. The number of benzene rings is 1. The highest BCUT2D eigenvalue weighted by atomic mass is 35.5. The first-order valence-corrected chi connectivity index (χ1v) is 7.45. The van der Waals surface area contributed by atoms with E-state index in [2.05, 4.69) is 17.6 Å². The lowest BCUT2D eigenvalue weighted by atomic mass is 9.95. The maximum atomic E-state index is 12.3. The number of ether oxygens (including phenoxy) is 1. The SMILES string of the molecule is CCOc1ccc(C(=O)NC2CCNCC2C)cc1[N+](=O)[O-].Cl. The molecule has 2 unspecified atom stereocenters. The Morgan fingerprint density at radius 1 is 1.52 bits per heavy atom. The second-order valence-electron chi connectivity index (χ2n) is 5.42. The monoisotopic (exact) mass is 343 g/mol. The summed E-state index contributed by atoms with van der Waals surface area (Å²) >= 11 is 0. The van der Waals surface area contributed by atoms with Gasteiger partial charge in [-0.3, -0.25) is 14.9 Å². The van der Waals surface area contributed by atoms with Crippen LogP contribution in [0, 0.1) is 16.0 Å². The Bertz CT molecular complexity index is 568. The lowest BCUT2D eigenvalue weighted by Gasteiger charge is -2.30. The summed E-state index contributed by atoms with van der Waals surface area (Å²) in [6.07, 6.45) is 0.853. The maximum Gasteiger partial charge on any atom is 0.311 e. The molecule has 2 rings (SSSR count). The number of hydrogen-bond acceptors (Lipinski definition) is 5. The summed E-state index contributed by atoms with van der Waals surface area (Å²) in [4.78, 5) is 22.9. The van der Waals surface area contributed by atoms with Gasteiger partial charge in [0.25, 0.3) is 5.91 Å². The molecule has 1 saturated heterocycles. The quantitative estimate of drug-likeness (QED) is 0.631. The Labute approximate surface area is 141 Å². The number of carbonyl (C=O) groups is 1. The predicted octanol–water partition coefficient (Wildman–Crippen LogP) is 2.14. The van der Waals surface area contributed by atoms with Crippen molar-refractivity contribution >= 4 is 24.0 Å². The van der Waals surface area contributed by atoms with Gasteiger partial charge in [-0.05, 0) is 44.5 Å². The van der Waals surface area contributed by atoms with E-state index in [1.165, 1.54) is 12.1 Å². The lowest BCUT2D eigenvalue weighted by Crippen LogP contribution is -2.48. The third-order valence-electron chi connectivity index (χ3n) is 3.82. The summed E-state index contributed by atoms with van der Waals surface area (Å²) in [7, 11) is 0. The zero-order valence-electron chi connectivity index (χ0n) is 13.2. The minimum atomic E-state index is -0.533. The van der Waals surface area contributed by atoms with Crippen molar-refractivity contribution < 1.29 is 14.5 Å². The van der Waals surface area contributed by atoms with Gasteiger partial charge in [-0.25, -0.2) is 0 Å². The molecule has 1 amide bonds. The fourth-order valence-electron chi connectivity index (χ4n) is 2.56. The van der Waals surface area contributed by atoms with Crippen LogP contribution in [-0.2, 0) is 0 Å². The Hall–Kier alpha value is -1.86. The molecule has 128 valence electrons. The predicted molar refractivity (Wildman–Crippen MR) is 89.4 cm³/mol. The first kappa shape index (κ1) is 19.2. The van der Waals surface area contributed by atoms with E-state index in [1.807, 2.05) is 0 Å². The molecular weight excluding hydrogens is 322 g/mol. The smallest absolute Gasteiger partial charge is 0.311 e. The molecule has 1 aliphatic heterocycles. The van der Waals surface area contributed by atoms with E-state index in [1.54, 1.807) is 13.0 Å². The Balaban J connectivity index is 0.00000264. The normalized spacial score (nSPS) is 20.3. The van der Waals surface area contributed by atoms with Crippen molar-refractivity contribution in [1.82, 2.24) is 10.6 Å². The molecule has 1 fully saturated rings. The molecule has 1 aliphatic rings. The van der Waals surface area contributed by atoms with E-state index in [4.69, 9.17) is 4.74 Å². The van der Waals surface area contributed by atoms with Gasteiger partial charge in [0.15, 0.2) is 5.75 Å². The molecule has 23 heavy (non-hydrogen) atoms. The number of nitrogens with zero attached hydrogens (tertiary/aromatic N) is 1. The fraction of sp³-hybridized carbons (Fsp3) is 0.533. The summed E-state index contributed by atoms with van der Waals surface area (Å²) in [6, 6.07) is 4.38. The van der Waals surface area contributed by atoms with Gasteiger partial charge in [-0.2, -0.15) is 0 Å². The van der Waals surface area contributed by atoms with E-state index in [9.17, 15) is 14.9 Å². The van der Waals surface area contributed by atoms with Crippen LogP contribution in [0.15, 0.2) is 18.2 Å². The molecule has 1 aromatic carbocycles. The third kappa shape index (κ3) is 4.80. The summed E-state index contributed by atoms with van der Waals surface area (Å²) in [5.74, 6) is 0.222. The molecule has 0 bridgehead atoms. The zero-order chi connectivity index (χ0) is 16.1. The number of hydrogen-bond donors (Lipinski definition) is 2. The average molecular weight is 344 g/mol. The number of carbonyl (C=O) groups excluding carboxylic acids is 1. The largest absolute Gasteiger partial charge is 0.487 e. The highest BCUT2D eigenvalue weighted by molar-refractivity contribution is 5.95. The molecule has 0 radical (unpaired) electrons. The molecule has 1 aromatic rings. The fourth-order valence-corrected chi connectivity index (χ4v) is 2.56. The minimum absolute atomic E-state index is 0. The van der Waals surface area contributed by atoms with Gasteiger partial charge < -0.3 is 15.4 Å². The topological polar surface area (TPSA) is 93.5 Å². The number of nitro groups is 1. The van der Waals surface area contributed by atoms with Crippen molar-refractivity contribution in [1.29, 1.82) is 0 Å². The Kier molecular flexibility index (Phi) is 7.25. The van der Waals surface area contributed by atoms with Gasteiger partial charge in [0, 0.05) is 17.7 Å². The molecule has 0 saturated carbocycles. The third-order valence-corrected chi connectivity index (χ3v) is 3.82. The molecule has 8 heteroatoms. The van der Waals surface area contributed by atoms with Crippen LogP contribution in [-0.4, -0.2) is 36.6 Å². The Morgan fingerprint density at radius 3 is 2.87 bits per heavy atom. The molecular formula is C15H22ClN3O4. The first-order valence-electron chi connectivity index (χ1n) is 7.45. The van der Waals surface area contributed by atoms with Gasteiger partial charge in [-0.15, -0.1) is 12.4 Å². The van der Waals surface area contributed by atoms with Crippen molar-refractivity contribution in [2.75, 3.05) is 19.7 Å². The van der Waals surface area contributed by atoms with Crippen molar-refractivity contribution in [2.45, 2.75) is 26.3 Å². The van der Waals surface area contributed by atoms with Crippen LogP contribution >= 0.6 is 12.4 Å². The molecule has 0 aromatic heterocycles. The highest BCUT2D eigenvalue weighted by Gasteiger charge is 2.24. The van der Waals surface area contributed by atoms with Crippen LogP contribution in [0.4, 0.5) is 5.69 Å². The van der Waals surface area contributed by atoms with Crippen LogP contribution < -0.4 is 15.4 Å². The van der Waals surface area contributed by atoms with Crippen molar-refractivity contribution in [3.8, 4) is 5.75 Å². The van der Waals surface area contributed by atoms with E-state index >= 15 is 0 Å². The first-order chi connectivity index (χ1) is 10.5. The second kappa shape index (κ2) is 8.69. The van der Waals surface area contributed by atoms with E-state index in [0.717, 1.165) is 19.5 Å². The number of rotatable bonds is 5. The maximum absolute atomic E-state index is 12.3. The molecule has 0 aliphatic carbocycles. The van der Waals surface area contributed by atoms with Gasteiger partial charge in [0.05, 0.1) is 11.5 Å². The van der Waals surface area contributed by atoms with Crippen LogP contribution in [0.2, 0.25) is 0 Å². The van der Waals surface area contributed by atoms with E-state index in [0.29, 0.717) is 12.5 Å². The second-order valence-corrected chi connectivity index (χ2v) is 5.42. The zero-order valence-corrected chi connectivity index (χ0v) is 14.0. The van der Waals surface area contributed by atoms with Crippen molar-refractivity contribution in [3.05, 3.63) is 33.9 Å². The van der Waals surface area contributed by atoms with Crippen molar-refractivity contribution in [3.63, 3.8) is 0 Å². The van der Waals surface area contributed by atoms with E-state index < -0.39 is 4.92 Å². The number of amides is 1. The summed E-state index contributed by atoms with van der Waals surface area (Å²) in [6.45, 7) is 5.87. The standard InChI is InChI=1S/C15H21N3O4.ClH/c1-3-22-14-5-4-11(8-13(14)18(20)21)15(19)17-12-6-7-16-9-10(12)2;/h4-5,8,10,12,16H,3,6-7,9H2,1-2H3,(H,17,19);1H. The van der Waals surface area contributed by atoms with Crippen LogP contribution in [0.1, 0.15) is 30.6 Å². The highest BCUT2D eigenvalue weighted by Crippen LogP contribution is 2.28. The summed E-state index contributed by atoms with van der Waals surface area (Å²) < 4.78 is 5.22. The summed E-state index contributed by atoms with van der Waals surface area (Å²) in [5.41, 5.74) is 0.0914. The molecule has 2 atom stereocenters. The van der Waals surface area contributed by atoms with Gasteiger partial charge in [0.1, 0.15) is 0 Å². The number of piperidine rings is 1. The molecule has 0 spiro atoms. The lowest BCUT2D eigenvalue weighted by molar-refractivity contribution is -0.385. The van der Waals surface area contributed by atoms with Crippen LogP contribution in [0.5, 0.6) is 5.75 Å². The van der Waals surface area contributed by atoms with E-state index in [-0.39, 0.29) is 41.4 Å². The Morgan fingerprint density at radius 2 is 2.26 bits per heavy atom. The number of nitro benzene ring substituents is 1. The molecule has 1 heterocycles.